The fourth-order valence-corrected chi connectivity index (χ4v) is 2.72. The molecular formula is C12H29N3S. The fourth-order valence-electron chi connectivity index (χ4n) is 1.48. The van der Waals surface area contributed by atoms with E-state index in [1.54, 1.807) is 0 Å². The zero-order valence-corrected chi connectivity index (χ0v) is 12.7. The summed E-state index contributed by atoms with van der Waals surface area (Å²) in [6.07, 6.45) is 0. The van der Waals surface area contributed by atoms with Crippen LogP contribution in [0.3, 0.4) is 0 Å². The summed E-state index contributed by atoms with van der Waals surface area (Å²) in [6.45, 7) is 11.1. The van der Waals surface area contributed by atoms with Crippen molar-refractivity contribution in [1.29, 1.82) is 0 Å². The molecule has 1 rings (SSSR count). The van der Waals surface area contributed by atoms with Crippen molar-refractivity contribution in [3.05, 3.63) is 0 Å². The Morgan fingerprint density at radius 1 is 1.25 bits per heavy atom. The third-order valence-electron chi connectivity index (χ3n) is 2.73. The maximum absolute atomic E-state index is 2.51. The Hall–Kier alpha value is 0.230. The van der Waals surface area contributed by atoms with Gasteiger partial charge in [0, 0.05) is 38.0 Å². The summed E-state index contributed by atoms with van der Waals surface area (Å²) in [4.78, 5) is 4.68. The molecule has 0 aromatic rings. The van der Waals surface area contributed by atoms with Gasteiger partial charge in [-0.2, -0.15) is 0 Å². The lowest BCUT2D eigenvalue weighted by Gasteiger charge is -2.36. The van der Waals surface area contributed by atoms with Crippen LogP contribution in [0.25, 0.3) is 0 Å². The normalized spacial score (nSPS) is 23.1. The number of hydrogen-bond acceptors (Lipinski definition) is 4. The van der Waals surface area contributed by atoms with Gasteiger partial charge in [0.05, 0.1) is 0 Å². The first-order valence-corrected chi connectivity index (χ1v) is 7.26. The van der Waals surface area contributed by atoms with Gasteiger partial charge in [-0.1, -0.05) is 25.8 Å². The largest absolute Gasteiger partial charge is 0.309 e. The second-order valence-electron chi connectivity index (χ2n) is 4.35. The van der Waals surface area contributed by atoms with Crippen molar-refractivity contribution < 1.29 is 0 Å². The van der Waals surface area contributed by atoms with Crippen molar-refractivity contribution >= 4 is 11.9 Å². The first-order valence-electron chi connectivity index (χ1n) is 6.32. The molecule has 1 heterocycles. The average Bonchev–Trinajstić information content (AvgIpc) is 2.26. The van der Waals surface area contributed by atoms with Gasteiger partial charge in [-0.3, -0.25) is 0 Å². The van der Waals surface area contributed by atoms with Gasteiger partial charge in [0.25, 0.3) is 0 Å². The summed E-state index contributed by atoms with van der Waals surface area (Å²) in [7, 11) is 6.48. The van der Waals surface area contributed by atoms with Crippen molar-refractivity contribution in [3.63, 3.8) is 0 Å². The molecule has 1 atom stereocenters. The van der Waals surface area contributed by atoms with Crippen LogP contribution in [-0.4, -0.2) is 73.2 Å². The smallest absolute Gasteiger partial charge is 0.0243 e. The number of hydrogen-bond donors (Lipinski definition) is 0. The van der Waals surface area contributed by atoms with Crippen LogP contribution in [0.1, 0.15) is 20.8 Å². The number of likely N-dealkylation sites (N-methyl/N-ethyl adjacent to an activating group) is 1. The van der Waals surface area contributed by atoms with E-state index in [4.69, 9.17) is 0 Å². The molecule has 98 valence electrons. The maximum Gasteiger partial charge on any atom is 0.0243 e. The van der Waals surface area contributed by atoms with Crippen molar-refractivity contribution in [1.82, 2.24) is 14.1 Å². The molecule has 1 aliphatic heterocycles. The molecule has 0 spiro atoms. The predicted molar refractivity (Wildman–Crippen MR) is 76.0 cm³/mol. The second-order valence-corrected chi connectivity index (χ2v) is 5.54. The highest BCUT2D eigenvalue weighted by Gasteiger charge is 2.20. The van der Waals surface area contributed by atoms with Crippen molar-refractivity contribution in [3.8, 4) is 0 Å². The maximum atomic E-state index is 2.51. The molecule has 0 aliphatic carbocycles. The van der Waals surface area contributed by atoms with Crippen LogP contribution >= 0.6 is 11.9 Å². The molecule has 0 bridgehead atoms. The van der Waals surface area contributed by atoms with E-state index in [0.29, 0.717) is 6.04 Å². The molecule has 0 saturated carbocycles. The van der Waals surface area contributed by atoms with Crippen LogP contribution in [0.5, 0.6) is 0 Å². The SMILES string of the molecule is CC.CC1CN(SCCN(C)C)CCN1C. The van der Waals surface area contributed by atoms with E-state index >= 15 is 0 Å². The molecule has 0 amide bonds. The average molecular weight is 247 g/mol. The quantitative estimate of drug-likeness (QED) is 0.701. The molecule has 0 N–H and O–H groups in total. The van der Waals surface area contributed by atoms with Crippen LogP contribution in [0.4, 0.5) is 0 Å². The van der Waals surface area contributed by atoms with Gasteiger partial charge in [0.1, 0.15) is 0 Å². The van der Waals surface area contributed by atoms with E-state index in [2.05, 4.69) is 42.2 Å². The predicted octanol–water partition coefficient (Wildman–Crippen LogP) is 1.86. The van der Waals surface area contributed by atoms with Gasteiger partial charge < -0.3 is 9.80 Å². The molecule has 1 saturated heterocycles. The molecule has 1 fully saturated rings. The highest BCUT2D eigenvalue weighted by Crippen LogP contribution is 2.16. The zero-order valence-electron chi connectivity index (χ0n) is 11.9. The van der Waals surface area contributed by atoms with Gasteiger partial charge >= 0.3 is 0 Å². The first-order chi connectivity index (χ1) is 7.59. The van der Waals surface area contributed by atoms with E-state index in [-0.39, 0.29) is 0 Å². The Bertz CT molecular complexity index is 164. The van der Waals surface area contributed by atoms with Crippen LogP contribution < -0.4 is 0 Å². The Labute approximate surface area is 106 Å². The van der Waals surface area contributed by atoms with Gasteiger partial charge in [-0.15, -0.1) is 0 Å². The summed E-state index contributed by atoms with van der Waals surface area (Å²) >= 11 is 2.00. The Balaban J connectivity index is 0.00000106. The third kappa shape index (κ3) is 6.74. The molecule has 4 heteroatoms. The molecule has 1 aliphatic rings. The molecule has 0 radical (unpaired) electrons. The summed E-state index contributed by atoms with van der Waals surface area (Å²) in [6, 6.07) is 0.704. The number of nitrogens with zero attached hydrogens (tertiary/aromatic N) is 3. The minimum atomic E-state index is 0.704. The Morgan fingerprint density at radius 3 is 2.38 bits per heavy atom. The van der Waals surface area contributed by atoms with E-state index < -0.39 is 0 Å². The van der Waals surface area contributed by atoms with Crippen LogP contribution in [-0.2, 0) is 0 Å². The monoisotopic (exact) mass is 247 g/mol. The molecule has 0 aromatic carbocycles. The zero-order chi connectivity index (χ0) is 12.6. The highest BCUT2D eigenvalue weighted by atomic mass is 32.2. The summed E-state index contributed by atoms with van der Waals surface area (Å²) in [5, 5.41) is 0. The number of piperazine rings is 1. The van der Waals surface area contributed by atoms with E-state index in [0.717, 1.165) is 0 Å². The Morgan fingerprint density at radius 2 is 1.88 bits per heavy atom. The lowest BCUT2D eigenvalue weighted by Crippen LogP contribution is -2.47. The van der Waals surface area contributed by atoms with Crippen molar-refractivity contribution in [2.24, 2.45) is 0 Å². The van der Waals surface area contributed by atoms with E-state index in [1.165, 1.54) is 31.9 Å². The second kappa shape index (κ2) is 9.28. The standard InChI is InChI=1S/C10H23N3S.C2H6/c1-10-9-13(6-5-12(10)4)14-8-7-11(2)3;1-2/h10H,5-9H2,1-4H3;1-2H3. The van der Waals surface area contributed by atoms with Gasteiger partial charge in [0.2, 0.25) is 0 Å². The van der Waals surface area contributed by atoms with Crippen LogP contribution in [0.15, 0.2) is 0 Å². The van der Waals surface area contributed by atoms with Crippen molar-refractivity contribution in [2.75, 3.05) is 53.1 Å². The topological polar surface area (TPSA) is 9.72 Å². The summed E-state index contributed by atoms with van der Waals surface area (Å²) < 4.78 is 2.51. The van der Waals surface area contributed by atoms with Gasteiger partial charge in [0.15, 0.2) is 0 Å². The van der Waals surface area contributed by atoms with Crippen LogP contribution in [0, 0.1) is 0 Å². The van der Waals surface area contributed by atoms with Crippen molar-refractivity contribution in [2.45, 2.75) is 26.8 Å². The van der Waals surface area contributed by atoms with E-state index in [9.17, 15) is 0 Å². The van der Waals surface area contributed by atoms with Gasteiger partial charge in [-0.25, -0.2) is 4.31 Å². The molecule has 16 heavy (non-hydrogen) atoms. The molecular weight excluding hydrogens is 218 g/mol. The minimum Gasteiger partial charge on any atom is -0.309 e. The lowest BCUT2D eigenvalue weighted by molar-refractivity contribution is 0.167. The number of rotatable bonds is 4. The lowest BCUT2D eigenvalue weighted by atomic mass is 10.2. The summed E-state index contributed by atoms with van der Waals surface area (Å²) in [5.74, 6) is 1.21. The third-order valence-corrected chi connectivity index (χ3v) is 3.80. The minimum absolute atomic E-state index is 0.704. The molecule has 1 unspecified atom stereocenters. The summed E-state index contributed by atoms with van der Waals surface area (Å²) in [5.41, 5.74) is 0. The van der Waals surface area contributed by atoms with Gasteiger partial charge in [-0.05, 0) is 28.1 Å². The van der Waals surface area contributed by atoms with Crippen LogP contribution in [0.2, 0.25) is 0 Å². The highest BCUT2D eigenvalue weighted by molar-refractivity contribution is 7.97. The fraction of sp³-hybridized carbons (Fsp3) is 1.00. The Kier molecular flexibility index (Phi) is 9.41. The molecule has 3 nitrogen and oxygen atoms in total. The van der Waals surface area contributed by atoms with E-state index in [1.807, 2.05) is 25.8 Å². The first kappa shape index (κ1) is 16.2. The molecule has 0 aromatic heterocycles.